The van der Waals surface area contributed by atoms with Crippen molar-refractivity contribution in [3.63, 3.8) is 0 Å². The lowest BCUT2D eigenvalue weighted by Gasteiger charge is -2.28. The Morgan fingerprint density at radius 2 is 1.73 bits per heavy atom. The van der Waals surface area contributed by atoms with E-state index in [1.807, 2.05) is 60.7 Å². The summed E-state index contributed by atoms with van der Waals surface area (Å²) in [4.78, 5) is 38.4. The Labute approximate surface area is 223 Å². The van der Waals surface area contributed by atoms with Crippen LogP contribution in [0.3, 0.4) is 0 Å². The third-order valence-corrected chi connectivity index (χ3v) is 9.05. The number of aryl methyl sites for hydroxylation is 1. The Hall–Kier alpha value is -2.16. The maximum absolute atomic E-state index is 13.5. The molecule has 0 saturated carbocycles. The Morgan fingerprint density at radius 1 is 1.05 bits per heavy atom. The van der Waals surface area contributed by atoms with Gasteiger partial charge in [0.1, 0.15) is 12.1 Å². The van der Waals surface area contributed by atoms with E-state index in [4.69, 9.17) is 10.3 Å². The number of aliphatic carboxylic acids is 1. The van der Waals surface area contributed by atoms with Gasteiger partial charge in [-0.15, -0.1) is 11.8 Å². The summed E-state index contributed by atoms with van der Waals surface area (Å²) in [6.07, 6.45) is 2.42. The van der Waals surface area contributed by atoms with Gasteiger partial charge in [-0.05, 0) is 69.2 Å². The molecular formula is C27H37N2O6PS. The molecule has 2 aromatic rings. The third-order valence-electron chi connectivity index (χ3n) is 6.36. The summed E-state index contributed by atoms with van der Waals surface area (Å²) in [5.41, 5.74) is 6.76. The number of carbonyl (C=O) groups excluding carboxylic acids is 1. The van der Waals surface area contributed by atoms with Gasteiger partial charge in [-0.2, -0.15) is 0 Å². The number of benzene rings is 2. The minimum absolute atomic E-state index is 0.0602. The fourth-order valence-electron chi connectivity index (χ4n) is 4.47. The molecule has 1 saturated heterocycles. The van der Waals surface area contributed by atoms with Gasteiger partial charge in [-0.3, -0.25) is 13.9 Å². The molecule has 1 fully saturated rings. The number of likely N-dealkylation sites (tertiary alicyclic amines) is 1. The molecule has 4 N–H and O–H groups in total. The van der Waals surface area contributed by atoms with E-state index < -0.39 is 31.6 Å². The third kappa shape index (κ3) is 9.58. The number of carboxylic acids is 1. The van der Waals surface area contributed by atoms with Crippen molar-refractivity contribution in [2.24, 2.45) is 5.73 Å². The lowest BCUT2D eigenvalue weighted by atomic mass is 10.1. The van der Waals surface area contributed by atoms with E-state index in [9.17, 15) is 24.2 Å². The van der Waals surface area contributed by atoms with Gasteiger partial charge in [-0.1, -0.05) is 48.5 Å². The molecule has 4 atom stereocenters. The van der Waals surface area contributed by atoms with E-state index in [0.29, 0.717) is 32.2 Å². The SMILES string of the molecule is NCCCC[C@H](OP(=O)(O)CCCCc1ccccc1)C(=O)N1C[C@H](Sc2ccccc2)C[C@H]1C(=O)O. The molecule has 0 aliphatic carbocycles. The molecular weight excluding hydrogens is 511 g/mol. The number of hydrogen-bond donors (Lipinski definition) is 3. The first-order chi connectivity index (χ1) is 17.8. The molecule has 1 unspecified atom stereocenters. The summed E-state index contributed by atoms with van der Waals surface area (Å²) in [7, 11) is -4.06. The molecule has 0 radical (unpaired) electrons. The molecule has 1 heterocycles. The van der Waals surface area contributed by atoms with Gasteiger partial charge in [-0.25, -0.2) is 4.79 Å². The first kappa shape index (κ1) is 29.4. The van der Waals surface area contributed by atoms with Crippen LogP contribution in [-0.2, 0) is 25.1 Å². The van der Waals surface area contributed by atoms with Crippen LogP contribution in [-0.4, -0.2) is 63.4 Å². The zero-order chi connectivity index (χ0) is 26.7. The highest BCUT2D eigenvalue weighted by Gasteiger charge is 2.43. The molecule has 8 nitrogen and oxygen atoms in total. The van der Waals surface area contributed by atoms with Crippen molar-refractivity contribution < 1.29 is 28.7 Å². The number of unbranched alkanes of at least 4 members (excludes halogenated alkanes) is 2. The molecule has 10 heteroatoms. The second-order valence-corrected chi connectivity index (χ2v) is 12.6. The van der Waals surface area contributed by atoms with E-state index in [1.165, 1.54) is 16.7 Å². The van der Waals surface area contributed by atoms with Crippen LogP contribution in [0.1, 0.15) is 44.1 Å². The van der Waals surface area contributed by atoms with E-state index in [-0.39, 0.29) is 24.4 Å². The number of nitrogens with two attached hydrogens (primary N) is 1. The predicted octanol–water partition coefficient (Wildman–Crippen LogP) is 4.56. The van der Waals surface area contributed by atoms with Crippen molar-refractivity contribution in [2.45, 2.75) is 67.2 Å². The molecule has 0 bridgehead atoms. The smallest absolute Gasteiger partial charge is 0.328 e. The topological polar surface area (TPSA) is 130 Å². The van der Waals surface area contributed by atoms with Crippen molar-refractivity contribution in [3.05, 3.63) is 66.2 Å². The number of nitrogens with zero attached hydrogens (tertiary/aromatic N) is 1. The Morgan fingerprint density at radius 3 is 2.38 bits per heavy atom. The molecule has 0 aromatic heterocycles. The molecule has 0 spiro atoms. The first-order valence-corrected chi connectivity index (χ1v) is 15.4. The van der Waals surface area contributed by atoms with Gasteiger partial charge in [0.05, 0.1) is 6.16 Å². The monoisotopic (exact) mass is 548 g/mol. The van der Waals surface area contributed by atoms with Gasteiger partial charge in [0.2, 0.25) is 0 Å². The van der Waals surface area contributed by atoms with Gasteiger partial charge in [0, 0.05) is 16.7 Å². The fraction of sp³-hybridized carbons (Fsp3) is 0.481. The summed E-state index contributed by atoms with van der Waals surface area (Å²) in [5, 5.41) is 9.72. The molecule has 2 aromatic carbocycles. The number of carboxylic acid groups (broad SMARTS) is 1. The number of amides is 1. The van der Waals surface area contributed by atoms with E-state index >= 15 is 0 Å². The number of rotatable bonds is 15. The van der Waals surface area contributed by atoms with E-state index in [1.54, 1.807) is 0 Å². The molecule has 3 rings (SSSR count). The number of carbonyl (C=O) groups is 2. The lowest BCUT2D eigenvalue weighted by Crippen LogP contribution is -2.46. The summed E-state index contributed by atoms with van der Waals surface area (Å²) in [5.74, 6) is -1.63. The Balaban J connectivity index is 1.63. The highest BCUT2D eigenvalue weighted by molar-refractivity contribution is 8.00. The molecule has 1 aliphatic rings. The zero-order valence-corrected chi connectivity index (χ0v) is 22.7. The lowest BCUT2D eigenvalue weighted by molar-refractivity contribution is -0.151. The summed E-state index contributed by atoms with van der Waals surface area (Å²) in [6.45, 7) is 0.660. The van der Waals surface area contributed by atoms with Crippen LogP contribution < -0.4 is 5.73 Å². The zero-order valence-electron chi connectivity index (χ0n) is 21.0. The fourth-order valence-corrected chi connectivity index (χ4v) is 7.00. The van der Waals surface area contributed by atoms with Crippen molar-refractivity contribution in [3.8, 4) is 0 Å². The van der Waals surface area contributed by atoms with Crippen LogP contribution in [0, 0.1) is 0 Å². The largest absolute Gasteiger partial charge is 0.480 e. The van der Waals surface area contributed by atoms with E-state index in [2.05, 4.69) is 0 Å². The molecule has 37 heavy (non-hydrogen) atoms. The van der Waals surface area contributed by atoms with Crippen molar-refractivity contribution in [1.29, 1.82) is 0 Å². The predicted molar refractivity (Wildman–Crippen MR) is 146 cm³/mol. The molecule has 1 amide bonds. The van der Waals surface area contributed by atoms with Gasteiger partial charge < -0.3 is 20.6 Å². The molecule has 202 valence electrons. The summed E-state index contributed by atoms with van der Waals surface area (Å²) < 4.78 is 18.5. The van der Waals surface area contributed by atoms with Gasteiger partial charge in [0.25, 0.3) is 5.91 Å². The minimum Gasteiger partial charge on any atom is -0.480 e. The van der Waals surface area contributed by atoms with Crippen LogP contribution in [0.5, 0.6) is 0 Å². The quantitative estimate of drug-likeness (QED) is 0.218. The molecule has 1 aliphatic heterocycles. The highest BCUT2D eigenvalue weighted by atomic mass is 32.2. The summed E-state index contributed by atoms with van der Waals surface area (Å²) in [6, 6.07) is 18.5. The van der Waals surface area contributed by atoms with E-state index in [0.717, 1.165) is 23.3 Å². The number of hydrogen-bond acceptors (Lipinski definition) is 6. The highest BCUT2D eigenvalue weighted by Crippen LogP contribution is 2.45. The van der Waals surface area contributed by atoms with Crippen LogP contribution in [0.2, 0.25) is 0 Å². The summed E-state index contributed by atoms with van der Waals surface area (Å²) >= 11 is 1.53. The first-order valence-electron chi connectivity index (χ1n) is 12.8. The normalized spacial score (nSPS) is 19.9. The van der Waals surface area contributed by atoms with Gasteiger partial charge >= 0.3 is 13.6 Å². The van der Waals surface area contributed by atoms with Crippen LogP contribution in [0.15, 0.2) is 65.6 Å². The number of thioether (sulfide) groups is 1. The van der Waals surface area contributed by atoms with Gasteiger partial charge in [0.15, 0.2) is 0 Å². The second kappa shape index (κ2) is 14.7. The maximum atomic E-state index is 13.5. The average molecular weight is 549 g/mol. The minimum atomic E-state index is -4.06. The van der Waals surface area contributed by atoms with Crippen LogP contribution in [0.25, 0.3) is 0 Å². The Bertz CT molecular complexity index is 1040. The van der Waals surface area contributed by atoms with Crippen LogP contribution in [0.4, 0.5) is 0 Å². The van der Waals surface area contributed by atoms with Crippen molar-refractivity contribution in [1.82, 2.24) is 4.90 Å². The standard InChI is InChI=1S/C27H37N2O6PS/c28-17-9-7-16-25(35-36(33,34)18-10-8-13-21-11-3-1-4-12-21)26(30)29-20-23(19-24(29)27(31)32)37-22-14-5-2-6-15-22/h1-6,11-12,14-15,23-25H,7-10,13,16-20,28H2,(H,31,32)(H,33,34)/t23-,24+,25+/m1/s1. The second-order valence-electron chi connectivity index (χ2n) is 9.32. The maximum Gasteiger partial charge on any atom is 0.328 e. The van der Waals surface area contributed by atoms with Crippen molar-refractivity contribution >= 4 is 31.2 Å². The van der Waals surface area contributed by atoms with Crippen molar-refractivity contribution in [2.75, 3.05) is 19.3 Å². The average Bonchev–Trinajstić information content (AvgIpc) is 3.31. The Kier molecular flexibility index (Phi) is 11.7. The van der Waals surface area contributed by atoms with Crippen LogP contribution >= 0.6 is 19.4 Å².